The molecule has 0 bridgehead atoms. The normalized spacial score (nSPS) is 16.1. The number of aryl methyl sites for hydroxylation is 1. The summed E-state index contributed by atoms with van der Waals surface area (Å²) in [4.78, 5) is 25.2. The standard InChI is InChI=1S/C13H12BrNO2/c1-7-4-5-11(10(14)6-7)15-12(16)8(2)9(3)13(15)17/h4-6H,1-3H3. The monoisotopic (exact) mass is 293 g/mol. The van der Waals surface area contributed by atoms with Crippen LogP contribution in [0, 0.1) is 6.92 Å². The fourth-order valence-electron chi connectivity index (χ4n) is 1.76. The van der Waals surface area contributed by atoms with Crippen LogP contribution in [0.15, 0.2) is 33.8 Å². The van der Waals surface area contributed by atoms with E-state index in [2.05, 4.69) is 15.9 Å². The van der Waals surface area contributed by atoms with E-state index in [1.165, 1.54) is 4.90 Å². The molecule has 0 saturated heterocycles. The van der Waals surface area contributed by atoms with Gasteiger partial charge in [-0.3, -0.25) is 9.59 Å². The van der Waals surface area contributed by atoms with E-state index < -0.39 is 0 Å². The minimum atomic E-state index is -0.239. The van der Waals surface area contributed by atoms with Gasteiger partial charge in [0, 0.05) is 15.6 Å². The van der Waals surface area contributed by atoms with E-state index in [-0.39, 0.29) is 11.8 Å². The fraction of sp³-hybridized carbons (Fsp3) is 0.231. The molecule has 88 valence electrons. The molecular formula is C13H12BrNO2. The first-order valence-electron chi connectivity index (χ1n) is 5.26. The van der Waals surface area contributed by atoms with Crippen molar-refractivity contribution >= 4 is 33.4 Å². The van der Waals surface area contributed by atoms with Crippen LogP contribution < -0.4 is 4.90 Å². The van der Waals surface area contributed by atoms with E-state index in [0.717, 1.165) is 10.0 Å². The third kappa shape index (κ3) is 1.82. The number of carbonyl (C=O) groups excluding carboxylic acids is 2. The van der Waals surface area contributed by atoms with Crippen LogP contribution in [0.4, 0.5) is 5.69 Å². The minimum absolute atomic E-state index is 0.239. The predicted octanol–water partition coefficient (Wildman–Crippen LogP) is 2.97. The van der Waals surface area contributed by atoms with Gasteiger partial charge in [-0.05, 0) is 54.4 Å². The Morgan fingerprint density at radius 3 is 2.00 bits per heavy atom. The van der Waals surface area contributed by atoms with Crippen molar-refractivity contribution < 1.29 is 9.59 Å². The average molecular weight is 294 g/mol. The zero-order valence-corrected chi connectivity index (χ0v) is 11.5. The van der Waals surface area contributed by atoms with Crippen LogP contribution in [0.2, 0.25) is 0 Å². The number of imide groups is 1. The molecule has 0 fully saturated rings. The van der Waals surface area contributed by atoms with Crippen molar-refractivity contribution in [3.8, 4) is 0 Å². The van der Waals surface area contributed by atoms with Crippen molar-refractivity contribution in [2.45, 2.75) is 20.8 Å². The second-order valence-corrected chi connectivity index (χ2v) is 5.00. The molecule has 1 aliphatic rings. The number of rotatable bonds is 1. The number of hydrogen-bond acceptors (Lipinski definition) is 2. The van der Waals surface area contributed by atoms with Gasteiger partial charge in [0.1, 0.15) is 0 Å². The maximum atomic E-state index is 12.0. The average Bonchev–Trinajstić information content (AvgIpc) is 2.45. The van der Waals surface area contributed by atoms with Gasteiger partial charge in [-0.1, -0.05) is 6.07 Å². The molecule has 0 saturated carbocycles. The second-order valence-electron chi connectivity index (χ2n) is 4.15. The summed E-state index contributed by atoms with van der Waals surface area (Å²) in [6.07, 6.45) is 0. The maximum Gasteiger partial charge on any atom is 0.261 e. The number of nitrogens with zero attached hydrogens (tertiary/aromatic N) is 1. The molecule has 0 radical (unpaired) electrons. The van der Waals surface area contributed by atoms with E-state index in [9.17, 15) is 9.59 Å². The smallest absolute Gasteiger partial charge is 0.261 e. The Bertz CT molecular complexity index is 537. The zero-order valence-electron chi connectivity index (χ0n) is 9.87. The highest BCUT2D eigenvalue weighted by molar-refractivity contribution is 9.10. The van der Waals surface area contributed by atoms with Crippen molar-refractivity contribution in [2.24, 2.45) is 0 Å². The molecule has 1 aliphatic heterocycles. The molecule has 0 aliphatic carbocycles. The van der Waals surface area contributed by atoms with Gasteiger partial charge in [-0.15, -0.1) is 0 Å². The van der Waals surface area contributed by atoms with Gasteiger partial charge in [0.25, 0.3) is 11.8 Å². The van der Waals surface area contributed by atoms with Gasteiger partial charge in [0.15, 0.2) is 0 Å². The summed E-state index contributed by atoms with van der Waals surface area (Å²) >= 11 is 3.39. The molecule has 0 N–H and O–H groups in total. The van der Waals surface area contributed by atoms with Crippen molar-refractivity contribution in [1.82, 2.24) is 0 Å². The largest absolute Gasteiger partial charge is 0.269 e. The van der Waals surface area contributed by atoms with Gasteiger partial charge in [0.2, 0.25) is 0 Å². The molecule has 1 aromatic rings. The number of benzene rings is 1. The van der Waals surface area contributed by atoms with Crippen LogP contribution in [-0.4, -0.2) is 11.8 Å². The first-order valence-corrected chi connectivity index (χ1v) is 6.05. The summed E-state index contributed by atoms with van der Waals surface area (Å²) in [6, 6.07) is 5.55. The molecule has 0 aromatic heterocycles. The lowest BCUT2D eigenvalue weighted by atomic mass is 10.2. The molecule has 0 unspecified atom stereocenters. The Labute approximate surface area is 108 Å². The molecule has 4 heteroatoms. The molecule has 1 aromatic carbocycles. The highest BCUT2D eigenvalue weighted by atomic mass is 79.9. The Hall–Kier alpha value is -1.42. The Morgan fingerprint density at radius 1 is 1.00 bits per heavy atom. The number of amides is 2. The quantitative estimate of drug-likeness (QED) is 0.747. The third-order valence-electron chi connectivity index (χ3n) is 2.95. The maximum absolute atomic E-state index is 12.0. The van der Waals surface area contributed by atoms with Crippen molar-refractivity contribution in [1.29, 1.82) is 0 Å². The number of hydrogen-bond donors (Lipinski definition) is 0. The van der Waals surface area contributed by atoms with Gasteiger partial charge in [0.05, 0.1) is 5.69 Å². The van der Waals surface area contributed by atoms with Crippen LogP contribution in [0.3, 0.4) is 0 Å². The molecule has 2 amide bonds. The van der Waals surface area contributed by atoms with Crippen LogP contribution in [-0.2, 0) is 9.59 Å². The number of halogens is 1. The Kier molecular flexibility index (Phi) is 2.91. The van der Waals surface area contributed by atoms with Crippen LogP contribution in [0.25, 0.3) is 0 Å². The van der Waals surface area contributed by atoms with E-state index in [0.29, 0.717) is 16.8 Å². The number of anilines is 1. The van der Waals surface area contributed by atoms with Crippen molar-refractivity contribution in [3.05, 3.63) is 39.4 Å². The second kappa shape index (κ2) is 4.11. The molecule has 17 heavy (non-hydrogen) atoms. The molecular weight excluding hydrogens is 282 g/mol. The van der Waals surface area contributed by atoms with E-state index in [1.54, 1.807) is 19.9 Å². The highest BCUT2D eigenvalue weighted by Gasteiger charge is 2.35. The fourth-order valence-corrected chi connectivity index (χ4v) is 2.43. The highest BCUT2D eigenvalue weighted by Crippen LogP contribution is 2.32. The van der Waals surface area contributed by atoms with Crippen molar-refractivity contribution in [2.75, 3.05) is 4.90 Å². The van der Waals surface area contributed by atoms with Crippen molar-refractivity contribution in [3.63, 3.8) is 0 Å². The first kappa shape index (κ1) is 12.0. The molecule has 0 atom stereocenters. The lowest BCUT2D eigenvalue weighted by Gasteiger charge is -2.16. The van der Waals surface area contributed by atoms with Gasteiger partial charge in [-0.25, -0.2) is 4.90 Å². The molecule has 2 rings (SSSR count). The van der Waals surface area contributed by atoms with Gasteiger partial charge in [-0.2, -0.15) is 0 Å². The van der Waals surface area contributed by atoms with Crippen LogP contribution in [0.1, 0.15) is 19.4 Å². The van der Waals surface area contributed by atoms with Gasteiger partial charge < -0.3 is 0 Å². The summed E-state index contributed by atoms with van der Waals surface area (Å²) in [5.41, 5.74) is 2.70. The molecule has 3 nitrogen and oxygen atoms in total. The molecule has 1 heterocycles. The van der Waals surface area contributed by atoms with E-state index in [4.69, 9.17) is 0 Å². The SMILES string of the molecule is CC1=C(C)C(=O)N(c2ccc(C)cc2Br)C1=O. The summed E-state index contributed by atoms with van der Waals surface area (Å²) in [5.74, 6) is -0.478. The lowest BCUT2D eigenvalue weighted by Crippen LogP contribution is -2.31. The number of carbonyl (C=O) groups is 2. The van der Waals surface area contributed by atoms with Crippen LogP contribution in [0.5, 0.6) is 0 Å². The predicted molar refractivity (Wildman–Crippen MR) is 69.7 cm³/mol. The Balaban J connectivity index is 2.50. The zero-order chi connectivity index (χ0) is 12.7. The summed E-state index contributed by atoms with van der Waals surface area (Å²) in [7, 11) is 0. The van der Waals surface area contributed by atoms with Gasteiger partial charge >= 0.3 is 0 Å². The summed E-state index contributed by atoms with van der Waals surface area (Å²) < 4.78 is 0.752. The molecule has 0 spiro atoms. The Morgan fingerprint density at radius 2 is 1.53 bits per heavy atom. The van der Waals surface area contributed by atoms with E-state index in [1.807, 2.05) is 19.1 Å². The topological polar surface area (TPSA) is 37.4 Å². The van der Waals surface area contributed by atoms with E-state index >= 15 is 0 Å². The summed E-state index contributed by atoms with van der Waals surface area (Å²) in [6.45, 7) is 5.31. The van der Waals surface area contributed by atoms with Crippen LogP contribution >= 0.6 is 15.9 Å². The third-order valence-corrected chi connectivity index (χ3v) is 3.59. The lowest BCUT2D eigenvalue weighted by molar-refractivity contribution is -0.120. The minimum Gasteiger partial charge on any atom is -0.269 e. The first-order chi connectivity index (χ1) is 7.93. The summed E-state index contributed by atoms with van der Waals surface area (Å²) in [5, 5.41) is 0.